The Morgan fingerprint density at radius 2 is 1.92 bits per heavy atom. The predicted octanol–water partition coefficient (Wildman–Crippen LogP) is 5.01. The monoisotopic (exact) mass is 617 g/mol. The van der Waals surface area contributed by atoms with Crippen molar-refractivity contribution in [3.8, 4) is 17.3 Å². The summed E-state index contributed by atoms with van der Waals surface area (Å²) in [6.45, 7) is 7.76. The van der Waals surface area contributed by atoms with E-state index in [4.69, 9.17) is 30.5 Å². The third-order valence-corrected chi connectivity index (χ3v) is 8.99. The molecule has 8 nitrogen and oxygen atoms in total. The van der Waals surface area contributed by atoms with Gasteiger partial charge in [-0.3, -0.25) is 4.57 Å². The van der Waals surface area contributed by atoms with Crippen LogP contribution >= 0.6 is 27.5 Å². The van der Waals surface area contributed by atoms with Crippen LogP contribution in [0.15, 0.2) is 22.7 Å². The molecule has 4 atom stereocenters. The Kier molecular flexibility index (Phi) is 7.62. The highest BCUT2D eigenvalue weighted by Crippen LogP contribution is 2.36. The maximum Gasteiger partial charge on any atom is 0.301 e. The molecule has 2 aromatic heterocycles. The number of benzene rings is 1. The van der Waals surface area contributed by atoms with Gasteiger partial charge in [-0.05, 0) is 40.2 Å². The van der Waals surface area contributed by atoms with E-state index in [1.165, 1.54) is 18.2 Å². The number of rotatable bonds is 8. The normalized spacial score (nSPS) is 23.7. The maximum absolute atomic E-state index is 14.8. The molecule has 2 saturated heterocycles. The molecule has 5 rings (SSSR count). The molecule has 37 heavy (non-hydrogen) atoms. The second-order valence-electron chi connectivity index (χ2n) is 10.4. The van der Waals surface area contributed by atoms with Gasteiger partial charge in [0.1, 0.15) is 30.6 Å². The van der Waals surface area contributed by atoms with Crippen LogP contribution in [0.3, 0.4) is 0 Å². The van der Waals surface area contributed by atoms with E-state index in [-0.39, 0.29) is 46.7 Å². The summed E-state index contributed by atoms with van der Waals surface area (Å²) in [5.41, 5.74) is 0.730. The first kappa shape index (κ1) is 26.9. The lowest BCUT2D eigenvalue weighted by atomic mass is 10.1. The van der Waals surface area contributed by atoms with E-state index < -0.39 is 44.1 Å². The molecule has 0 spiro atoms. The molecule has 0 radical (unpaired) electrons. The number of hydrogen-bond acceptors (Lipinski definition) is 7. The Balaban J connectivity index is 1.52. The van der Waals surface area contributed by atoms with E-state index >= 15 is 0 Å². The van der Waals surface area contributed by atoms with E-state index in [0.29, 0.717) is 17.8 Å². The summed E-state index contributed by atoms with van der Waals surface area (Å²) in [5, 5.41) is 10.2. The molecule has 0 amide bonds. The number of pyridine rings is 1. The van der Waals surface area contributed by atoms with Gasteiger partial charge in [0, 0.05) is 20.2 Å². The van der Waals surface area contributed by atoms with Crippen molar-refractivity contribution in [1.82, 2.24) is 14.5 Å². The standard InChI is InChI=1S/C24H27BrClF2N3O5Si/c1-37(2,3)7-6-33-11-31-23-15(29-24(31)36-17-10-35-21-16(32)9-34-22(17)21)8-14(26)20(30-23)12-4-5-13(25)19(28)18(12)27/h4-5,8,16-17,21-22,32H,6-7,9-11H2,1-3H3/t16-,17-,21-,22-/m1/s1. The number of fused-ring (bicyclic) bond motifs is 2. The number of aromatic nitrogens is 3. The minimum Gasteiger partial charge on any atom is -0.456 e. The Morgan fingerprint density at radius 1 is 1.16 bits per heavy atom. The average molecular weight is 619 g/mol. The van der Waals surface area contributed by atoms with Gasteiger partial charge in [-0.2, -0.15) is 4.98 Å². The van der Waals surface area contributed by atoms with Crippen molar-refractivity contribution in [1.29, 1.82) is 0 Å². The van der Waals surface area contributed by atoms with Gasteiger partial charge in [0.15, 0.2) is 23.4 Å². The van der Waals surface area contributed by atoms with Crippen molar-refractivity contribution in [2.75, 3.05) is 19.8 Å². The Labute approximate surface area is 227 Å². The van der Waals surface area contributed by atoms with Gasteiger partial charge in [0.2, 0.25) is 0 Å². The van der Waals surface area contributed by atoms with Crippen molar-refractivity contribution in [3.63, 3.8) is 0 Å². The molecule has 2 aliphatic rings. The van der Waals surface area contributed by atoms with Crippen molar-refractivity contribution >= 4 is 46.8 Å². The van der Waals surface area contributed by atoms with E-state index in [1.54, 1.807) is 4.57 Å². The molecule has 1 aromatic carbocycles. The summed E-state index contributed by atoms with van der Waals surface area (Å²) in [6, 6.07) is 5.49. The second-order valence-corrected chi connectivity index (χ2v) is 17.3. The number of aliphatic hydroxyl groups excluding tert-OH is 1. The van der Waals surface area contributed by atoms with Crippen LogP contribution in [-0.4, -0.2) is 72.0 Å². The Morgan fingerprint density at radius 3 is 2.68 bits per heavy atom. The van der Waals surface area contributed by atoms with E-state index in [0.717, 1.165) is 6.04 Å². The first-order valence-corrected chi connectivity index (χ1v) is 16.8. The first-order valence-electron chi connectivity index (χ1n) is 11.9. The zero-order valence-corrected chi connectivity index (χ0v) is 23.9. The molecule has 2 fully saturated rings. The second kappa shape index (κ2) is 10.5. The fraction of sp³-hybridized carbons (Fsp3) is 0.500. The van der Waals surface area contributed by atoms with Gasteiger partial charge in [0.05, 0.1) is 28.4 Å². The summed E-state index contributed by atoms with van der Waals surface area (Å²) in [7, 11) is -1.33. The summed E-state index contributed by atoms with van der Waals surface area (Å²) in [6.07, 6.45) is -2.13. The lowest BCUT2D eigenvalue weighted by molar-refractivity contribution is 0.00336. The minimum absolute atomic E-state index is 0.00110. The van der Waals surface area contributed by atoms with Crippen LogP contribution in [0.2, 0.25) is 30.7 Å². The van der Waals surface area contributed by atoms with Crippen LogP contribution in [0.25, 0.3) is 22.4 Å². The Hall–Kier alpha value is -1.67. The fourth-order valence-corrected chi connectivity index (χ4v) is 5.63. The molecule has 0 unspecified atom stereocenters. The summed E-state index contributed by atoms with van der Waals surface area (Å²) in [5.74, 6) is -2.10. The van der Waals surface area contributed by atoms with Crippen LogP contribution in [-0.2, 0) is 20.9 Å². The zero-order valence-electron chi connectivity index (χ0n) is 20.5. The van der Waals surface area contributed by atoms with Crippen LogP contribution in [0.5, 0.6) is 6.01 Å². The third kappa shape index (κ3) is 5.42. The molecule has 3 aromatic rings. The van der Waals surface area contributed by atoms with Gasteiger partial charge in [-0.15, -0.1) is 0 Å². The number of imidazole rings is 1. The number of hydrogen-bond donors (Lipinski definition) is 1. The number of aliphatic hydroxyl groups is 1. The third-order valence-electron chi connectivity index (χ3n) is 6.38. The maximum atomic E-state index is 14.8. The van der Waals surface area contributed by atoms with Crippen LogP contribution in [0, 0.1) is 11.6 Å². The van der Waals surface area contributed by atoms with Gasteiger partial charge < -0.3 is 24.1 Å². The topological polar surface area (TPSA) is 87.9 Å². The van der Waals surface area contributed by atoms with Gasteiger partial charge in [-0.25, -0.2) is 13.8 Å². The van der Waals surface area contributed by atoms with Gasteiger partial charge in [-0.1, -0.05) is 31.2 Å². The van der Waals surface area contributed by atoms with Gasteiger partial charge in [0.25, 0.3) is 0 Å². The zero-order chi connectivity index (χ0) is 26.5. The smallest absolute Gasteiger partial charge is 0.301 e. The Bertz CT molecular complexity index is 1320. The van der Waals surface area contributed by atoms with Crippen molar-refractivity contribution in [3.05, 3.63) is 39.3 Å². The lowest BCUT2D eigenvalue weighted by Gasteiger charge is -2.19. The SMILES string of the molecule is C[Si](C)(C)CCOCn1c(O[C@@H]2CO[C@H]3[C@@H]2OC[C@H]3O)nc2cc(Cl)c(-c3ccc(Br)c(F)c3F)nc21. The van der Waals surface area contributed by atoms with Gasteiger partial charge >= 0.3 is 6.01 Å². The quantitative estimate of drug-likeness (QED) is 0.216. The van der Waals surface area contributed by atoms with Crippen LogP contribution < -0.4 is 4.74 Å². The largest absolute Gasteiger partial charge is 0.456 e. The van der Waals surface area contributed by atoms with E-state index in [1.807, 2.05) is 0 Å². The molecule has 2 aliphatic heterocycles. The van der Waals surface area contributed by atoms with Crippen LogP contribution in [0.4, 0.5) is 8.78 Å². The number of ether oxygens (including phenoxy) is 4. The number of halogens is 4. The fourth-order valence-electron chi connectivity index (χ4n) is 4.32. The first-order chi connectivity index (χ1) is 17.5. The van der Waals surface area contributed by atoms with Crippen LogP contribution in [0.1, 0.15) is 0 Å². The number of nitrogens with zero attached hydrogens (tertiary/aromatic N) is 3. The predicted molar refractivity (Wildman–Crippen MR) is 140 cm³/mol. The molecule has 13 heteroatoms. The molecule has 200 valence electrons. The molecule has 0 aliphatic carbocycles. The molecule has 0 bridgehead atoms. The summed E-state index contributed by atoms with van der Waals surface area (Å²) >= 11 is 9.44. The minimum atomic E-state index is -1.33. The molecule has 1 N–H and O–H groups in total. The average Bonchev–Trinajstić information content (AvgIpc) is 3.50. The molecule has 4 heterocycles. The van der Waals surface area contributed by atoms with E-state index in [2.05, 4.69) is 45.5 Å². The van der Waals surface area contributed by atoms with Crippen molar-refractivity contribution < 1.29 is 32.8 Å². The van der Waals surface area contributed by atoms with Crippen molar-refractivity contribution in [2.24, 2.45) is 0 Å². The summed E-state index contributed by atoms with van der Waals surface area (Å²) < 4.78 is 54.2. The highest BCUT2D eigenvalue weighted by atomic mass is 79.9. The highest BCUT2D eigenvalue weighted by molar-refractivity contribution is 9.10. The molecular formula is C24H27BrClF2N3O5Si. The highest BCUT2D eigenvalue weighted by Gasteiger charge is 2.49. The summed E-state index contributed by atoms with van der Waals surface area (Å²) in [4.78, 5) is 9.13. The molecule has 0 saturated carbocycles. The van der Waals surface area contributed by atoms with E-state index in [9.17, 15) is 13.9 Å². The lowest BCUT2D eigenvalue weighted by Crippen LogP contribution is -2.35. The molecular weight excluding hydrogens is 592 g/mol. The van der Waals surface area contributed by atoms with Crippen molar-refractivity contribution in [2.45, 2.75) is 56.8 Å².